The van der Waals surface area contributed by atoms with Crippen LogP contribution >= 0.6 is 0 Å². The third-order valence-electron chi connectivity index (χ3n) is 2.89. The molecule has 1 aromatic heterocycles. The lowest BCUT2D eigenvalue weighted by atomic mass is 10.1. The average Bonchev–Trinajstić information content (AvgIpc) is 2.66. The van der Waals surface area contributed by atoms with Crippen molar-refractivity contribution in [2.75, 3.05) is 0 Å². The fraction of sp³-hybridized carbons (Fsp3) is 0. The smallest absolute Gasteiger partial charge is 0.0267 e. The molecule has 0 amide bonds. The van der Waals surface area contributed by atoms with Crippen molar-refractivity contribution in [2.24, 2.45) is 0 Å². The van der Waals surface area contributed by atoms with Gasteiger partial charge in [-0.3, -0.25) is 4.98 Å². The summed E-state index contributed by atoms with van der Waals surface area (Å²) >= 11 is 0. The summed E-state index contributed by atoms with van der Waals surface area (Å²) in [5.41, 5.74) is 0. The van der Waals surface area contributed by atoms with Gasteiger partial charge in [-0.15, -0.1) is 0 Å². The van der Waals surface area contributed by atoms with E-state index in [4.69, 9.17) is 0 Å². The first-order chi connectivity index (χ1) is 11.0. The first-order valence-corrected chi connectivity index (χ1v) is 7.25. The van der Waals surface area contributed by atoms with Crippen LogP contribution in [0, 0.1) is 0 Å². The van der Waals surface area contributed by atoms with E-state index in [1.807, 2.05) is 54.6 Å². The number of fused-ring (bicyclic) bond motifs is 1. The van der Waals surface area contributed by atoms with Crippen molar-refractivity contribution in [1.29, 1.82) is 0 Å². The summed E-state index contributed by atoms with van der Waals surface area (Å²) in [5.74, 6) is 0. The maximum absolute atomic E-state index is 3.78. The summed E-state index contributed by atoms with van der Waals surface area (Å²) in [5, 5.41) is 2.62. The van der Waals surface area contributed by atoms with Gasteiger partial charge in [0, 0.05) is 12.4 Å². The second kappa shape index (κ2) is 9.89. The topological polar surface area (TPSA) is 12.9 Å². The molecule has 0 saturated carbocycles. The van der Waals surface area contributed by atoms with Gasteiger partial charge in [0.25, 0.3) is 0 Å². The molecule has 0 aliphatic rings. The van der Waals surface area contributed by atoms with Crippen molar-refractivity contribution in [2.45, 2.75) is 0 Å². The molecule has 0 radical (unpaired) electrons. The van der Waals surface area contributed by atoms with E-state index in [0.717, 1.165) is 0 Å². The fourth-order valence-corrected chi connectivity index (χ4v) is 1.83. The molecule has 0 aliphatic heterocycles. The number of rotatable bonds is 0. The normalized spacial score (nSPS) is 8.91. The molecule has 0 N–H and O–H groups in total. The monoisotopic (exact) mass is 285 g/mol. The van der Waals surface area contributed by atoms with Gasteiger partial charge in [-0.1, -0.05) is 91.0 Å². The van der Waals surface area contributed by atoms with Crippen LogP contribution in [0.1, 0.15) is 0 Å². The van der Waals surface area contributed by atoms with Gasteiger partial charge in [-0.2, -0.15) is 0 Å². The second-order valence-corrected chi connectivity index (χ2v) is 4.53. The van der Waals surface area contributed by atoms with Crippen molar-refractivity contribution in [1.82, 2.24) is 4.98 Å². The van der Waals surface area contributed by atoms with Gasteiger partial charge in [0.15, 0.2) is 0 Å². The predicted molar refractivity (Wildman–Crippen MR) is 94.6 cm³/mol. The molecule has 0 aliphatic carbocycles. The predicted octanol–water partition coefficient (Wildman–Crippen LogP) is 5.61. The van der Waals surface area contributed by atoms with E-state index in [1.54, 1.807) is 12.4 Å². The highest BCUT2D eigenvalue weighted by Crippen LogP contribution is 2.11. The molecule has 1 heterocycles. The highest BCUT2D eigenvalue weighted by molar-refractivity contribution is 5.81. The van der Waals surface area contributed by atoms with E-state index in [1.165, 1.54) is 10.8 Å². The number of benzene rings is 3. The molecule has 1 nitrogen and oxygen atoms in total. The molecule has 0 saturated heterocycles. The molecule has 4 rings (SSSR count). The molecule has 3 aromatic carbocycles. The second-order valence-electron chi connectivity index (χ2n) is 4.53. The Labute approximate surface area is 131 Å². The third kappa shape index (κ3) is 6.02. The van der Waals surface area contributed by atoms with Crippen LogP contribution in [0.3, 0.4) is 0 Å². The summed E-state index contributed by atoms with van der Waals surface area (Å²) in [6.07, 6.45) is 3.50. The van der Waals surface area contributed by atoms with Gasteiger partial charge in [-0.25, -0.2) is 0 Å². The lowest BCUT2D eigenvalue weighted by molar-refractivity contribution is 1.33. The average molecular weight is 285 g/mol. The Balaban J connectivity index is 0.000000128. The Morgan fingerprint density at radius 3 is 0.909 bits per heavy atom. The zero-order valence-electron chi connectivity index (χ0n) is 12.4. The summed E-state index contributed by atoms with van der Waals surface area (Å²) in [6.45, 7) is 0. The van der Waals surface area contributed by atoms with Crippen LogP contribution in [-0.4, -0.2) is 4.98 Å². The Morgan fingerprint density at radius 1 is 0.364 bits per heavy atom. The van der Waals surface area contributed by atoms with E-state index in [-0.39, 0.29) is 0 Å². The minimum Gasteiger partial charge on any atom is -0.265 e. The lowest BCUT2D eigenvalue weighted by Gasteiger charge is -1.92. The zero-order chi connectivity index (χ0) is 15.3. The minimum atomic E-state index is 1.31. The van der Waals surface area contributed by atoms with E-state index in [9.17, 15) is 0 Å². The number of aromatic nitrogens is 1. The van der Waals surface area contributed by atoms with Crippen LogP contribution < -0.4 is 0 Å². The molecule has 0 spiro atoms. The molecule has 0 fully saturated rings. The fourth-order valence-electron chi connectivity index (χ4n) is 1.83. The maximum Gasteiger partial charge on any atom is 0.0267 e. The Kier molecular flexibility index (Phi) is 6.95. The Hall–Kier alpha value is -2.93. The van der Waals surface area contributed by atoms with Gasteiger partial charge in [0.1, 0.15) is 0 Å². The van der Waals surface area contributed by atoms with E-state index in [2.05, 4.69) is 53.5 Å². The van der Waals surface area contributed by atoms with E-state index in [0.29, 0.717) is 0 Å². The summed E-state index contributed by atoms with van der Waals surface area (Å²) in [7, 11) is 0. The third-order valence-corrected chi connectivity index (χ3v) is 2.89. The van der Waals surface area contributed by atoms with Crippen molar-refractivity contribution in [3.8, 4) is 0 Å². The summed E-state index contributed by atoms with van der Waals surface area (Å²) in [6, 6.07) is 34.4. The molecular weight excluding hydrogens is 266 g/mol. The van der Waals surface area contributed by atoms with Crippen LogP contribution in [0.2, 0.25) is 0 Å². The van der Waals surface area contributed by atoms with Crippen LogP contribution in [-0.2, 0) is 0 Å². The SMILES string of the molecule is c1ccc2ccccc2c1.c1ccccc1.c1ccncc1. The molecule has 0 atom stereocenters. The molecule has 1 heteroatoms. The van der Waals surface area contributed by atoms with Gasteiger partial charge >= 0.3 is 0 Å². The number of hydrogen-bond donors (Lipinski definition) is 0. The highest BCUT2D eigenvalue weighted by atomic mass is 14.6. The first-order valence-electron chi connectivity index (χ1n) is 7.25. The van der Waals surface area contributed by atoms with Crippen LogP contribution in [0.4, 0.5) is 0 Å². The summed E-state index contributed by atoms with van der Waals surface area (Å²) < 4.78 is 0. The van der Waals surface area contributed by atoms with Crippen LogP contribution in [0.5, 0.6) is 0 Å². The first kappa shape index (κ1) is 15.5. The number of pyridine rings is 1. The van der Waals surface area contributed by atoms with E-state index >= 15 is 0 Å². The van der Waals surface area contributed by atoms with Crippen molar-refractivity contribution >= 4 is 10.8 Å². The number of hydrogen-bond acceptors (Lipinski definition) is 1. The zero-order valence-corrected chi connectivity index (χ0v) is 12.4. The lowest BCUT2D eigenvalue weighted by Crippen LogP contribution is -1.67. The molecule has 0 unspecified atom stereocenters. The standard InChI is InChI=1S/C10H8.C6H6.C5H5N/c1-2-6-10-8-4-3-7-9(10)5-1;2*1-2-4-6-5-3-1/h1-8H;1-6H;1-5H. The number of nitrogens with zero attached hydrogens (tertiary/aromatic N) is 1. The summed E-state index contributed by atoms with van der Waals surface area (Å²) in [4.78, 5) is 3.78. The highest BCUT2D eigenvalue weighted by Gasteiger charge is 1.85. The molecular formula is C21H19N. The van der Waals surface area contributed by atoms with E-state index < -0.39 is 0 Å². The largest absolute Gasteiger partial charge is 0.265 e. The molecule has 108 valence electrons. The quantitative estimate of drug-likeness (QED) is 0.409. The van der Waals surface area contributed by atoms with Crippen molar-refractivity contribution < 1.29 is 0 Å². The molecule has 4 aromatic rings. The Bertz CT molecular complexity index is 586. The molecule has 0 bridgehead atoms. The van der Waals surface area contributed by atoms with Crippen LogP contribution in [0.25, 0.3) is 10.8 Å². The Morgan fingerprint density at radius 2 is 0.682 bits per heavy atom. The maximum atomic E-state index is 3.78. The van der Waals surface area contributed by atoms with Gasteiger partial charge in [-0.05, 0) is 22.9 Å². The van der Waals surface area contributed by atoms with Crippen LogP contribution in [0.15, 0.2) is 116 Å². The van der Waals surface area contributed by atoms with Crippen molar-refractivity contribution in [3.05, 3.63) is 116 Å². The van der Waals surface area contributed by atoms with Gasteiger partial charge in [0.05, 0.1) is 0 Å². The van der Waals surface area contributed by atoms with Gasteiger partial charge < -0.3 is 0 Å². The van der Waals surface area contributed by atoms with Gasteiger partial charge in [0.2, 0.25) is 0 Å². The van der Waals surface area contributed by atoms with Crippen molar-refractivity contribution in [3.63, 3.8) is 0 Å². The molecule has 22 heavy (non-hydrogen) atoms. The minimum absolute atomic E-state index is 1.31.